The first-order valence-corrected chi connectivity index (χ1v) is 8.62. The molecule has 0 saturated carbocycles. The molecule has 2 heterocycles. The summed E-state index contributed by atoms with van der Waals surface area (Å²) in [7, 11) is 0. The number of aryl methyl sites for hydroxylation is 1. The van der Waals surface area contributed by atoms with Crippen LogP contribution in [0, 0.1) is 6.92 Å². The summed E-state index contributed by atoms with van der Waals surface area (Å²) >= 11 is 0.960. The molecule has 2 aliphatic heterocycles. The van der Waals surface area contributed by atoms with Crippen molar-refractivity contribution in [2.24, 2.45) is 0 Å². The summed E-state index contributed by atoms with van der Waals surface area (Å²) in [6, 6.07) is 13.2. The van der Waals surface area contributed by atoms with Crippen LogP contribution in [0.15, 0.2) is 47.4 Å². The quantitative estimate of drug-likeness (QED) is 0.782. The van der Waals surface area contributed by atoms with Gasteiger partial charge in [0.05, 0.1) is 11.4 Å². The largest absolute Gasteiger partial charge is 0.454 e. The van der Waals surface area contributed by atoms with Crippen molar-refractivity contribution in [3.63, 3.8) is 0 Å². The van der Waals surface area contributed by atoms with E-state index in [0.717, 1.165) is 28.5 Å². The summed E-state index contributed by atoms with van der Waals surface area (Å²) in [6.45, 7) is 2.47. The predicted octanol–water partition coefficient (Wildman–Crippen LogP) is 3.96. The SMILES string of the molecule is Cc1cccc(CN2C(=O)S/C(=C/c3ccc4c(c3)OCO4)C2=O)c1. The van der Waals surface area contributed by atoms with Gasteiger partial charge in [0.25, 0.3) is 11.1 Å². The summed E-state index contributed by atoms with van der Waals surface area (Å²) in [5, 5.41) is -0.251. The number of carbonyl (C=O) groups excluding carboxylic acids is 2. The van der Waals surface area contributed by atoms with Crippen molar-refractivity contribution in [1.29, 1.82) is 0 Å². The Hall–Kier alpha value is -2.73. The van der Waals surface area contributed by atoms with E-state index in [1.54, 1.807) is 18.2 Å². The van der Waals surface area contributed by atoms with Crippen LogP contribution in [0.3, 0.4) is 0 Å². The second-order valence-corrected chi connectivity index (χ2v) is 6.86. The van der Waals surface area contributed by atoms with Gasteiger partial charge in [-0.2, -0.15) is 0 Å². The molecule has 126 valence electrons. The minimum Gasteiger partial charge on any atom is -0.454 e. The van der Waals surface area contributed by atoms with Gasteiger partial charge in [0.1, 0.15) is 0 Å². The number of hydrogen-bond donors (Lipinski definition) is 0. The number of hydrogen-bond acceptors (Lipinski definition) is 5. The molecule has 4 rings (SSSR count). The Morgan fingerprint density at radius 2 is 1.96 bits per heavy atom. The summed E-state index contributed by atoms with van der Waals surface area (Å²) in [5.74, 6) is 1.06. The van der Waals surface area contributed by atoms with Crippen LogP contribution in [-0.4, -0.2) is 22.8 Å². The molecular formula is C19H15NO4S. The highest BCUT2D eigenvalue weighted by Gasteiger charge is 2.35. The highest BCUT2D eigenvalue weighted by atomic mass is 32.2. The lowest BCUT2D eigenvalue weighted by Crippen LogP contribution is -2.27. The second kappa shape index (κ2) is 6.29. The third-order valence-electron chi connectivity index (χ3n) is 3.99. The molecule has 5 nitrogen and oxygen atoms in total. The monoisotopic (exact) mass is 353 g/mol. The Kier molecular flexibility index (Phi) is 3.97. The van der Waals surface area contributed by atoms with Gasteiger partial charge < -0.3 is 9.47 Å². The van der Waals surface area contributed by atoms with Crippen molar-refractivity contribution < 1.29 is 19.1 Å². The first-order valence-electron chi connectivity index (χ1n) is 7.81. The summed E-state index contributed by atoms with van der Waals surface area (Å²) in [6.07, 6.45) is 1.71. The Labute approximate surface area is 149 Å². The second-order valence-electron chi connectivity index (χ2n) is 5.87. The molecule has 0 aromatic heterocycles. The zero-order valence-electron chi connectivity index (χ0n) is 13.5. The van der Waals surface area contributed by atoms with Gasteiger partial charge in [-0.15, -0.1) is 0 Å². The number of ether oxygens (including phenoxy) is 2. The van der Waals surface area contributed by atoms with E-state index >= 15 is 0 Å². The highest BCUT2D eigenvalue weighted by molar-refractivity contribution is 8.18. The highest BCUT2D eigenvalue weighted by Crippen LogP contribution is 2.36. The lowest BCUT2D eigenvalue weighted by Gasteiger charge is -2.12. The molecule has 0 N–H and O–H groups in total. The van der Waals surface area contributed by atoms with Crippen LogP contribution < -0.4 is 9.47 Å². The molecule has 2 aliphatic rings. The average Bonchev–Trinajstić information content (AvgIpc) is 3.15. The van der Waals surface area contributed by atoms with Gasteiger partial charge in [-0.3, -0.25) is 14.5 Å². The van der Waals surface area contributed by atoms with Gasteiger partial charge in [-0.05, 0) is 48.0 Å². The molecule has 25 heavy (non-hydrogen) atoms. The minimum absolute atomic E-state index is 0.200. The minimum atomic E-state index is -0.269. The van der Waals surface area contributed by atoms with Crippen LogP contribution in [0.2, 0.25) is 0 Å². The number of benzene rings is 2. The fraction of sp³-hybridized carbons (Fsp3) is 0.158. The first-order chi connectivity index (χ1) is 12.1. The number of carbonyl (C=O) groups is 2. The number of imide groups is 1. The number of fused-ring (bicyclic) bond motifs is 1. The maximum Gasteiger partial charge on any atom is 0.293 e. The number of rotatable bonds is 3. The van der Waals surface area contributed by atoms with E-state index in [4.69, 9.17) is 9.47 Å². The molecule has 0 radical (unpaired) electrons. The van der Waals surface area contributed by atoms with Crippen LogP contribution >= 0.6 is 11.8 Å². The van der Waals surface area contributed by atoms with Gasteiger partial charge in [0.15, 0.2) is 11.5 Å². The Bertz CT molecular complexity index is 906. The summed E-state index contributed by atoms with van der Waals surface area (Å²) in [4.78, 5) is 26.5. The molecule has 2 amide bonds. The molecule has 0 unspecified atom stereocenters. The van der Waals surface area contributed by atoms with Crippen LogP contribution in [0.1, 0.15) is 16.7 Å². The van der Waals surface area contributed by atoms with E-state index in [1.807, 2.05) is 37.3 Å². The molecule has 1 fully saturated rings. The van der Waals surface area contributed by atoms with Crippen molar-refractivity contribution in [3.8, 4) is 11.5 Å². The number of amides is 2. The standard InChI is InChI=1S/C19H15NO4S/c1-12-3-2-4-14(7-12)10-20-18(21)17(25-19(20)22)9-13-5-6-15-16(8-13)24-11-23-15/h2-9H,10-11H2,1H3/b17-9+. The summed E-state index contributed by atoms with van der Waals surface area (Å²) in [5.41, 5.74) is 2.83. The van der Waals surface area contributed by atoms with E-state index in [0.29, 0.717) is 16.4 Å². The van der Waals surface area contributed by atoms with Crippen LogP contribution in [0.4, 0.5) is 4.79 Å². The maximum atomic E-state index is 12.6. The molecule has 0 atom stereocenters. The fourth-order valence-corrected chi connectivity index (χ4v) is 3.62. The van der Waals surface area contributed by atoms with Crippen molar-refractivity contribution in [3.05, 3.63) is 64.1 Å². The molecule has 0 spiro atoms. The van der Waals surface area contributed by atoms with E-state index in [2.05, 4.69) is 0 Å². The first kappa shape index (κ1) is 15.8. The van der Waals surface area contributed by atoms with E-state index < -0.39 is 0 Å². The van der Waals surface area contributed by atoms with Crippen molar-refractivity contribution in [2.45, 2.75) is 13.5 Å². The molecular weight excluding hydrogens is 338 g/mol. The van der Waals surface area contributed by atoms with E-state index in [1.165, 1.54) is 4.90 Å². The molecule has 6 heteroatoms. The van der Waals surface area contributed by atoms with Gasteiger partial charge in [0, 0.05) is 0 Å². The fourth-order valence-electron chi connectivity index (χ4n) is 2.78. The Balaban J connectivity index is 1.56. The normalized spacial score (nSPS) is 17.6. The Morgan fingerprint density at radius 1 is 1.12 bits per heavy atom. The van der Waals surface area contributed by atoms with Crippen LogP contribution in [0.5, 0.6) is 11.5 Å². The zero-order valence-corrected chi connectivity index (χ0v) is 14.3. The van der Waals surface area contributed by atoms with E-state index in [9.17, 15) is 9.59 Å². The molecule has 1 saturated heterocycles. The van der Waals surface area contributed by atoms with Crippen molar-refractivity contribution in [2.75, 3.05) is 6.79 Å². The van der Waals surface area contributed by atoms with Gasteiger partial charge in [0.2, 0.25) is 6.79 Å². The molecule has 0 bridgehead atoms. The van der Waals surface area contributed by atoms with Gasteiger partial charge in [-0.25, -0.2) is 0 Å². The molecule has 2 aromatic carbocycles. The lowest BCUT2D eigenvalue weighted by atomic mass is 10.1. The Morgan fingerprint density at radius 3 is 2.80 bits per heavy atom. The third-order valence-corrected chi connectivity index (χ3v) is 4.90. The van der Waals surface area contributed by atoms with Crippen LogP contribution in [-0.2, 0) is 11.3 Å². The third kappa shape index (κ3) is 3.13. The van der Waals surface area contributed by atoms with Gasteiger partial charge >= 0.3 is 0 Å². The van der Waals surface area contributed by atoms with Crippen molar-refractivity contribution in [1.82, 2.24) is 4.90 Å². The van der Waals surface area contributed by atoms with Crippen molar-refractivity contribution >= 4 is 29.0 Å². The number of thioether (sulfide) groups is 1. The van der Waals surface area contributed by atoms with Gasteiger partial charge in [-0.1, -0.05) is 35.9 Å². The van der Waals surface area contributed by atoms with E-state index in [-0.39, 0.29) is 24.5 Å². The smallest absolute Gasteiger partial charge is 0.293 e. The summed E-state index contributed by atoms with van der Waals surface area (Å²) < 4.78 is 10.6. The lowest BCUT2D eigenvalue weighted by molar-refractivity contribution is -0.123. The topological polar surface area (TPSA) is 55.8 Å². The zero-order chi connectivity index (χ0) is 17.4. The maximum absolute atomic E-state index is 12.6. The number of nitrogens with zero attached hydrogens (tertiary/aromatic N) is 1. The predicted molar refractivity (Wildman–Crippen MR) is 95.3 cm³/mol. The van der Waals surface area contributed by atoms with Crippen LogP contribution in [0.25, 0.3) is 6.08 Å². The average molecular weight is 353 g/mol. The molecule has 0 aliphatic carbocycles. The molecule has 2 aromatic rings.